The van der Waals surface area contributed by atoms with Crippen LogP contribution in [-0.4, -0.2) is 29.2 Å². The first kappa shape index (κ1) is 15.9. The molecule has 0 saturated heterocycles. The van der Waals surface area contributed by atoms with Gasteiger partial charge in [0.15, 0.2) is 5.96 Å². The first-order chi connectivity index (χ1) is 10.3. The molecule has 4 N–H and O–H groups in total. The maximum atomic E-state index is 14.2. The molecule has 1 unspecified atom stereocenters. The quantitative estimate of drug-likeness (QED) is 0.644. The molecule has 1 heterocycles. The number of fused-ring (bicyclic) bond motifs is 1. The summed E-state index contributed by atoms with van der Waals surface area (Å²) in [4.78, 5) is 29.3. The van der Waals surface area contributed by atoms with Gasteiger partial charge in [0, 0.05) is 17.7 Å². The largest absolute Gasteiger partial charge is 0.370 e. The van der Waals surface area contributed by atoms with Gasteiger partial charge in [0.05, 0.1) is 12.5 Å². The second kappa shape index (κ2) is 6.13. The van der Waals surface area contributed by atoms with Crippen LogP contribution in [0.4, 0.5) is 4.39 Å². The molecule has 0 saturated carbocycles. The smallest absolute Gasteiger partial charge is 0.254 e. The Morgan fingerprint density at radius 1 is 1.41 bits per heavy atom. The van der Waals surface area contributed by atoms with Gasteiger partial charge in [-0.3, -0.25) is 9.59 Å². The molecule has 1 aromatic rings. The van der Waals surface area contributed by atoms with E-state index in [1.54, 1.807) is 6.07 Å². The molecule has 1 aliphatic rings. The number of carbonyl (C=O) groups excluding carboxylic acids is 2. The summed E-state index contributed by atoms with van der Waals surface area (Å²) in [5, 5.41) is 0. The van der Waals surface area contributed by atoms with Gasteiger partial charge in [-0.15, -0.1) is 0 Å². The van der Waals surface area contributed by atoms with E-state index in [2.05, 4.69) is 4.99 Å². The van der Waals surface area contributed by atoms with Gasteiger partial charge in [-0.1, -0.05) is 19.9 Å². The maximum absolute atomic E-state index is 14.2. The number of rotatable bonds is 4. The standard InChI is InChI=1S/C15H19FN4O2/c1-8(2)7-20-11(6-12(21)19-15(17)18)13-9(14(20)22)4-3-5-10(13)16/h3-5,8,11H,6-7H2,1-2H3,(H4,17,18,19,21). The summed E-state index contributed by atoms with van der Waals surface area (Å²) in [7, 11) is 0. The molecule has 0 fully saturated rings. The molecule has 0 radical (unpaired) electrons. The molecule has 22 heavy (non-hydrogen) atoms. The number of aliphatic imine (C=N–C) groups is 1. The topological polar surface area (TPSA) is 102 Å². The number of benzene rings is 1. The van der Waals surface area contributed by atoms with E-state index in [1.165, 1.54) is 17.0 Å². The molecule has 2 rings (SSSR count). The highest BCUT2D eigenvalue weighted by atomic mass is 19.1. The van der Waals surface area contributed by atoms with Gasteiger partial charge < -0.3 is 16.4 Å². The summed E-state index contributed by atoms with van der Waals surface area (Å²) in [6.45, 7) is 4.32. The van der Waals surface area contributed by atoms with Crippen LogP contribution in [0.5, 0.6) is 0 Å². The van der Waals surface area contributed by atoms with E-state index in [-0.39, 0.29) is 29.8 Å². The zero-order valence-electron chi connectivity index (χ0n) is 12.5. The summed E-state index contributed by atoms with van der Waals surface area (Å²) in [5.41, 5.74) is 10.9. The first-order valence-electron chi connectivity index (χ1n) is 7.03. The minimum atomic E-state index is -0.679. The van der Waals surface area contributed by atoms with E-state index in [0.29, 0.717) is 12.1 Å². The van der Waals surface area contributed by atoms with Crippen LogP contribution >= 0.6 is 0 Å². The third-order valence-corrected chi connectivity index (χ3v) is 3.44. The van der Waals surface area contributed by atoms with Crippen LogP contribution in [0.15, 0.2) is 23.2 Å². The Balaban J connectivity index is 2.40. The van der Waals surface area contributed by atoms with Crippen LogP contribution in [0.25, 0.3) is 0 Å². The maximum Gasteiger partial charge on any atom is 0.254 e. The third kappa shape index (κ3) is 3.08. The predicted molar refractivity (Wildman–Crippen MR) is 80.4 cm³/mol. The van der Waals surface area contributed by atoms with Crippen LogP contribution in [0, 0.1) is 11.7 Å². The molecule has 2 amide bonds. The molecular formula is C15H19FN4O2. The Morgan fingerprint density at radius 2 is 2.09 bits per heavy atom. The van der Waals surface area contributed by atoms with Crippen LogP contribution in [0.3, 0.4) is 0 Å². The van der Waals surface area contributed by atoms with Gasteiger partial charge in [-0.25, -0.2) is 4.39 Å². The Labute approximate surface area is 128 Å². The van der Waals surface area contributed by atoms with E-state index in [1.807, 2.05) is 13.8 Å². The van der Waals surface area contributed by atoms with Gasteiger partial charge in [0.2, 0.25) is 0 Å². The summed E-state index contributed by atoms with van der Waals surface area (Å²) < 4.78 is 14.2. The Morgan fingerprint density at radius 3 is 2.68 bits per heavy atom. The van der Waals surface area contributed by atoms with Crippen LogP contribution in [-0.2, 0) is 4.79 Å². The van der Waals surface area contributed by atoms with Crippen molar-refractivity contribution in [1.82, 2.24) is 4.90 Å². The molecule has 118 valence electrons. The molecule has 0 aromatic heterocycles. The summed E-state index contributed by atoms with van der Waals surface area (Å²) in [6.07, 6.45) is -0.149. The number of amides is 2. The molecule has 1 aromatic carbocycles. The zero-order valence-corrected chi connectivity index (χ0v) is 12.5. The van der Waals surface area contributed by atoms with E-state index in [4.69, 9.17) is 11.5 Å². The molecule has 0 bridgehead atoms. The van der Waals surface area contributed by atoms with Crippen molar-refractivity contribution in [3.8, 4) is 0 Å². The molecular weight excluding hydrogens is 287 g/mol. The average molecular weight is 306 g/mol. The molecule has 7 heteroatoms. The first-order valence-corrected chi connectivity index (χ1v) is 7.03. The monoisotopic (exact) mass is 306 g/mol. The molecule has 1 aliphatic heterocycles. The summed E-state index contributed by atoms with van der Waals surface area (Å²) in [5.74, 6) is -1.52. The summed E-state index contributed by atoms with van der Waals surface area (Å²) >= 11 is 0. The lowest BCUT2D eigenvalue weighted by molar-refractivity contribution is -0.118. The lowest BCUT2D eigenvalue weighted by atomic mass is 10.0. The number of hydrogen-bond donors (Lipinski definition) is 2. The lowest BCUT2D eigenvalue weighted by Crippen LogP contribution is -2.33. The second-order valence-electron chi connectivity index (χ2n) is 5.70. The Hall–Kier alpha value is -2.44. The predicted octanol–water partition coefficient (Wildman–Crippen LogP) is 1.17. The van der Waals surface area contributed by atoms with Crippen molar-refractivity contribution in [2.75, 3.05) is 6.54 Å². The number of guanidine groups is 1. The van der Waals surface area contributed by atoms with Gasteiger partial charge in [-0.05, 0) is 18.1 Å². The van der Waals surface area contributed by atoms with Gasteiger partial charge in [-0.2, -0.15) is 4.99 Å². The highest BCUT2D eigenvalue weighted by molar-refractivity contribution is 6.00. The lowest BCUT2D eigenvalue weighted by Gasteiger charge is -2.26. The third-order valence-electron chi connectivity index (χ3n) is 3.44. The minimum Gasteiger partial charge on any atom is -0.370 e. The number of nitrogens with zero attached hydrogens (tertiary/aromatic N) is 2. The van der Waals surface area contributed by atoms with E-state index < -0.39 is 17.8 Å². The van der Waals surface area contributed by atoms with Crippen molar-refractivity contribution in [2.24, 2.45) is 22.4 Å². The highest BCUT2D eigenvalue weighted by Crippen LogP contribution is 2.38. The molecule has 6 nitrogen and oxygen atoms in total. The normalized spacial score (nSPS) is 16.8. The minimum absolute atomic E-state index is 0.149. The fraction of sp³-hybridized carbons (Fsp3) is 0.400. The molecule has 0 aliphatic carbocycles. The van der Waals surface area contributed by atoms with Crippen molar-refractivity contribution in [3.63, 3.8) is 0 Å². The van der Waals surface area contributed by atoms with Crippen LogP contribution < -0.4 is 11.5 Å². The zero-order chi connectivity index (χ0) is 16.4. The van der Waals surface area contributed by atoms with Gasteiger partial charge in [0.1, 0.15) is 5.82 Å². The average Bonchev–Trinajstić information content (AvgIpc) is 2.64. The van der Waals surface area contributed by atoms with Gasteiger partial charge >= 0.3 is 0 Å². The summed E-state index contributed by atoms with van der Waals surface area (Å²) in [6, 6.07) is 3.66. The Kier molecular flexibility index (Phi) is 4.44. The number of carbonyl (C=O) groups is 2. The van der Waals surface area contributed by atoms with E-state index in [9.17, 15) is 14.0 Å². The van der Waals surface area contributed by atoms with Crippen molar-refractivity contribution in [3.05, 3.63) is 35.1 Å². The number of hydrogen-bond acceptors (Lipinski definition) is 2. The Bertz CT molecular complexity index is 638. The number of halogens is 1. The van der Waals surface area contributed by atoms with Crippen molar-refractivity contribution in [2.45, 2.75) is 26.3 Å². The van der Waals surface area contributed by atoms with E-state index >= 15 is 0 Å². The SMILES string of the molecule is CC(C)CN1C(=O)c2cccc(F)c2C1CC(=O)N=C(N)N. The molecule has 0 spiro atoms. The van der Waals surface area contributed by atoms with Crippen LogP contribution in [0.1, 0.15) is 42.2 Å². The molecule has 1 atom stereocenters. The highest BCUT2D eigenvalue weighted by Gasteiger charge is 2.39. The number of nitrogens with two attached hydrogens (primary N) is 2. The van der Waals surface area contributed by atoms with E-state index in [0.717, 1.165) is 0 Å². The van der Waals surface area contributed by atoms with Gasteiger partial charge in [0.25, 0.3) is 11.8 Å². The second-order valence-corrected chi connectivity index (χ2v) is 5.70. The van der Waals surface area contributed by atoms with Crippen molar-refractivity contribution >= 4 is 17.8 Å². The van der Waals surface area contributed by atoms with Crippen molar-refractivity contribution in [1.29, 1.82) is 0 Å². The fourth-order valence-corrected chi connectivity index (χ4v) is 2.69. The van der Waals surface area contributed by atoms with Crippen molar-refractivity contribution < 1.29 is 14.0 Å². The fourth-order valence-electron chi connectivity index (χ4n) is 2.69. The van der Waals surface area contributed by atoms with Crippen LogP contribution in [0.2, 0.25) is 0 Å².